The standard InChI is InChI=1S/C9H12IN3O5/c10-3-1-13(9(17)12-7(3)11)8-6(16)5(15)4(2-14)18-8/h1,4-6,8,14-16H,2H2,(H2,11,12,17)/t4-,5-,6+,8?/m1/s1. The summed E-state index contributed by atoms with van der Waals surface area (Å²) in [4.78, 5) is 15.2. The molecule has 9 heteroatoms. The molecule has 5 N–H and O–H groups in total. The van der Waals surface area contributed by atoms with Gasteiger partial charge in [0.15, 0.2) is 6.23 Å². The molecule has 1 unspecified atom stereocenters. The van der Waals surface area contributed by atoms with Crippen LogP contribution in [-0.4, -0.2) is 49.8 Å². The van der Waals surface area contributed by atoms with Crippen molar-refractivity contribution >= 4 is 28.4 Å². The number of anilines is 1. The predicted molar refractivity (Wildman–Crippen MR) is 68.6 cm³/mol. The van der Waals surface area contributed by atoms with Gasteiger partial charge in [0.2, 0.25) is 0 Å². The van der Waals surface area contributed by atoms with Crippen molar-refractivity contribution in [3.05, 3.63) is 20.3 Å². The fraction of sp³-hybridized carbons (Fsp3) is 0.556. The summed E-state index contributed by atoms with van der Waals surface area (Å²) in [5.41, 5.74) is 4.79. The van der Waals surface area contributed by atoms with Crippen molar-refractivity contribution in [2.75, 3.05) is 12.3 Å². The van der Waals surface area contributed by atoms with Crippen LogP contribution in [0.1, 0.15) is 6.23 Å². The van der Waals surface area contributed by atoms with Gasteiger partial charge in [-0.1, -0.05) is 0 Å². The molecule has 1 saturated heterocycles. The molecule has 1 aliphatic heterocycles. The molecule has 1 fully saturated rings. The Labute approximate surface area is 115 Å². The molecule has 0 aromatic carbocycles. The number of hydrogen-bond acceptors (Lipinski definition) is 7. The van der Waals surface area contributed by atoms with E-state index < -0.39 is 36.8 Å². The highest BCUT2D eigenvalue weighted by molar-refractivity contribution is 14.1. The van der Waals surface area contributed by atoms with Gasteiger partial charge in [0, 0.05) is 6.20 Å². The van der Waals surface area contributed by atoms with E-state index in [1.54, 1.807) is 0 Å². The second-order valence-corrected chi connectivity index (χ2v) is 5.05. The van der Waals surface area contributed by atoms with E-state index in [1.165, 1.54) is 6.20 Å². The van der Waals surface area contributed by atoms with E-state index in [1.807, 2.05) is 22.6 Å². The number of hydrogen-bond donors (Lipinski definition) is 4. The third-order valence-electron chi connectivity index (χ3n) is 2.73. The van der Waals surface area contributed by atoms with E-state index in [0.29, 0.717) is 3.57 Å². The topological polar surface area (TPSA) is 131 Å². The van der Waals surface area contributed by atoms with Gasteiger partial charge in [0.05, 0.1) is 10.2 Å². The summed E-state index contributed by atoms with van der Waals surface area (Å²) in [5, 5.41) is 28.4. The lowest BCUT2D eigenvalue weighted by atomic mass is 10.1. The SMILES string of the molecule is Nc1nc(=O)n(C2O[C@H](CO)[C@@H](O)[C@@H]2O)cc1I. The summed E-state index contributed by atoms with van der Waals surface area (Å²) in [5.74, 6) is 0.0867. The summed E-state index contributed by atoms with van der Waals surface area (Å²) >= 11 is 1.88. The zero-order chi connectivity index (χ0) is 13.4. The van der Waals surface area contributed by atoms with Crippen molar-refractivity contribution < 1.29 is 20.1 Å². The minimum Gasteiger partial charge on any atom is -0.394 e. The number of rotatable bonds is 2. The molecule has 8 nitrogen and oxygen atoms in total. The summed E-state index contributed by atoms with van der Waals surface area (Å²) in [7, 11) is 0. The maximum atomic E-state index is 11.7. The zero-order valence-corrected chi connectivity index (χ0v) is 11.3. The van der Waals surface area contributed by atoms with Crippen molar-refractivity contribution in [1.29, 1.82) is 0 Å². The first-order valence-corrected chi connectivity index (χ1v) is 6.20. The Bertz CT molecular complexity index is 507. The molecule has 1 aliphatic rings. The van der Waals surface area contributed by atoms with E-state index in [-0.39, 0.29) is 5.82 Å². The second-order valence-electron chi connectivity index (χ2n) is 3.89. The zero-order valence-electron chi connectivity index (χ0n) is 9.10. The van der Waals surface area contributed by atoms with E-state index in [2.05, 4.69) is 4.98 Å². The van der Waals surface area contributed by atoms with Gasteiger partial charge in [-0.3, -0.25) is 4.57 Å². The van der Waals surface area contributed by atoms with Crippen molar-refractivity contribution in [2.45, 2.75) is 24.5 Å². The van der Waals surface area contributed by atoms with Crippen LogP contribution >= 0.6 is 22.6 Å². The predicted octanol–water partition coefficient (Wildman–Crippen LogP) is -1.96. The van der Waals surface area contributed by atoms with Crippen molar-refractivity contribution in [1.82, 2.24) is 9.55 Å². The molecule has 0 saturated carbocycles. The van der Waals surface area contributed by atoms with Crippen LogP contribution in [0, 0.1) is 3.57 Å². The molecule has 0 bridgehead atoms. The van der Waals surface area contributed by atoms with E-state index in [0.717, 1.165) is 4.57 Å². The summed E-state index contributed by atoms with van der Waals surface area (Å²) in [6.45, 7) is -0.455. The van der Waals surface area contributed by atoms with Crippen LogP contribution in [0.4, 0.5) is 5.82 Å². The Morgan fingerprint density at radius 2 is 2.17 bits per heavy atom. The quantitative estimate of drug-likeness (QED) is 0.446. The van der Waals surface area contributed by atoms with Crippen LogP contribution in [0.3, 0.4) is 0 Å². The monoisotopic (exact) mass is 369 g/mol. The molecule has 0 amide bonds. The second kappa shape index (κ2) is 5.09. The smallest absolute Gasteiger partial charge is 0.351 e. The molecule has 18 heavy (non-hydrogen) atoms. The normalized spacial score (nSPS) is 31.8. The Morgan fingerprint density at radius 1 is 1.50 bits per heavy atom. The van der Waals surface area contributed by atoms with Crippen LogP contribution in [0.5, 0.6) is 0 Å². The lowest BCUT2D eigenvalue weighted by Gasteiger charge is -2.17. The fourth-order valence-corrected chi connectivity index (χ4v) is 2.17. The Balaban J connectivity index is 2.39. The van der Waals surface area contributed by atoms with E-state index in [9.17, 15) is 15.0 Å². The maximum absolute atomic E-state index is 11.7. The van der Waals surface area contributed by atoms with Gasteiger partial charge in [-0.25, -0.2) is 4.79 Å². The first-order chi connectivity index (χ1) is 8.45. The number of halogens is 1. The van der Waals surface area contributed by atoms with Crippen LogP contribution in [-0.2, 0) is 4.74 Å². The number of nitrogen functional groups attached to an aromatic ring is 1. The third kappa shape index (κ3) is 2.23. The summed E-state index contributed by atoms with van der Waals surface area (Å²) in [6.07, 6.45) is -3.23. The van der Waals surface area contributed by atoms with E-state index >= 15 is 0 Å². The van der Waals surface area contributed by atoms with Gasteiger partial charge >= 0.3 is 5.69 Å². The van der Waals surface area contributed by atoms with Gasteiger partial charge in [-0.05, 0) is 22.6 Å². The average Bonchev–Trinajstić information content (AvgIpc) is 2.61. The number of aliphatic hydroxyl groups excluding tert-OH is 3. The molecule has 1 aromatic heterocycles. The van der Waals surface area contributed by atoms with Crippen molar-refractivity contribution in [3.63, 3.8) is 0 Å². The molecule has 4 atom stereocenters. The molecule has 0 radical (unpaired) electrons. The molecule has 0 aliphatic carbocycles. The average molecular weight is 369 g/mol. The largest absolute Gasteiger partial charge is 0.394 e. The number of ether oxygens (including phenoxy) is 1. The number of aromatic nitrogens is 2. The molecular formula is C9H12IN3O5. The number of aliphatic hydroxyl groups is 3. The molecule has 2 rings (SSSR count). The summed E-state index contributed by atoms with van der Waals surface area (Å²) < 4.78 is 6.79. The third-order valence-corrected chi connectivity index (χ3v) is 3.56. The first kappa shape index (κ1) is 13.7. The highest BCUT2D eigenvalue weighted by Crippen LogP contribution is 2.28. The van der Waals surface area contributed by atoms with Crippen LogP contribution in [0.2, 0.25) is 0 Å². The number of nitrogens with zero attached hydrogens (tertiary/aromatic N) is 2. The number of nitrogens with two attached hydrogens (primary N) is 1. The van der Waals surface area contributed by atoms with Crippen LogP contribution in [0.15, 0.2) is 11.0 Å². The Kier molecular flexibility index (Phi) is 3.87. The summed E-state index contributed by atoms with van der Waals surface area (Å²) in [6, 6.07) is 0. The van der Waals surface area contributed by atoms with Gasteiger partial charge in [-0.2, -0.15) is 4.98 Å². The fourth-order valence-electron chi connectivity index (χ4n) is 1.75. The maximum Gasteiger partial charge on any atom is 0.351 e. The molecule has 1 aromatic rings. The van der Waals surface area contributed by atoms with Gasteiger partial charge in [0.1, 0.15) is 24.1 Å². The minimum absolute atomic E-state index is 0.0867. The van der Waals surface area contributed by atoms with Crippen LogP contribution in [0.25, 0.3) is 0 Å². The molecule has 100 valence electrons. The highest BCUT2D eigenvalue weighted by Gasteiger charge is 2.43. The van der Waals surface area contributed by atoms with Gasteiger partial charge in [0.25, 0.3) is 0 Å². The molecule has 0 spiro atoms. The lowest BCUT2D eigenvalue weighted by molar-refractivity contribution is -0.0550. The van der Waals surface area contributed by atoms with Gasteiger partial charge in [-0.15, -0.1) is 0 Å². The molecular weight excluding hydrogens is 357 g/mol. The van der Waals surface area contributed by atoms with Gasteiger partial charge < -0.3 is 25.8 Å². The lowest BCUT2D eigenvalue weighted by Crippen LogP contribution is -2.36. The first-order valence-electron chi connectivity index (χ1n) is 5.12. The van der Waals surface area contributed by atoms with Crippen molar-refractivity contribution in [3.8, 4) is 0 Å². The Hall–Kier alpha value is -0.750. The van der Waals surface area contributed by atoms with Crippen LogP contribution < -0.4 is 11.4 Å². The minimum atomic E-state index is -1.32. The van der Waals surface area contributed by atoms with Crippen molar-refractivity contribution in [2.24, 2.45) is 0 Å². The van der Waals surface area contributed by atoms with E-state index in [4.69, 9.17) is 15.6 Å². The molecule has 2 heterocycles. The highest BCUT2D eigenvalue weighted by atomic mass is 127. The Morgan fingerprint density at radius 3 is 2.72 bits per heavy atom.